The van der Waals surface area contributed by atoms with Gasteiger partial charge in [-0.2, -0.15) is 5.10 Å². The van der Waals surface area contributed by atoms with Crippen LogP contribution in [0.15, 0.2) is 6.20 Å². The molecule has 1 aliphatic heterocycles. The molecule has 2 unspecified atom stereocenters. The maximum absolute atomic E-state index is 6.18. The lowest BCUT2D eigenvalue weighted by atomic mass is 10.0. The fraction of sp³-hybridized carbons (Fsp3) is 0.750. The molecule has 102 valence electrons. The second kappa shape index (κ2) is 6.52. The van der Waals surface area contributed by atoms with Crippen LogP contribution in [-0.4, -0.2) is 22.5 Å². The van der Waals surface area contributed by atoms with Crippen LogP contribution >= 0.6 is 11.6 Å². The van der Waals surface area contributed by atoms with Crippen LogP contribution < -0.4 is 11.3 Å². The predicted octanol–water partition coefficient (Wildman–Crippen LogP) is 2.02. The minimum Gasteiger partial charge on any atom is -0.378 e. The van der Waals surface area contributed by atoms with Crippen LogP contribution in [0, 0.1) is 0 Å². The summed E-state index contributed by atoms with van der Waals surface area (Å²) in [6.07, 6.45) is 6.28. The minimum atomic E-state index is 0.0316. The number of aromatic nitrogens is 2. The third kappa shape index (κ3) is 3.03. The molecule has 1 fully saturated rings. The molecule has 3 N–H and O–H groups in total. The van der Waals surface area contributed by atoms with Gasteiger partial charge in [0, 0.05) is 13.2 Å². The molecule has 2 rings (SSSR count). The fourth-order valence-electron chi connectivity index (χ4n) is 2.49. The molecular weight excluding hydrogens is 252 g/mol. The third-order valence-electron chi connectivity index (χ3n) is 3.47. The first-order valence-corrected chi connectivity index (χ1v) is 6.93. The maximum Gasteiger partial charge on any atom is 0.0834 e. The summed E-state index contributed by atoms with van der Waals surface area (Å²) in [5.74, 6) is 5.65. The number of hydrazine groups is 1. The van der Waals surface area contributed by atoms with Gasteiger partial charge in [-0.25, -0.2) is 0 Å². The molecule has 6 heteroatoms. The Labute approximate surface area is 113 Å². The van der Waals surface area contributed by atoms with Crippen LogP contribution in [0.2, 0.25) is 5.02 Å². The molecule has 0 saturated carbocycles. The summed E-state index contributed by atoms with van der Waals surface area (Å²) in [5.41, 5.74) is 3.82. The molecule has 1 aromatic rings. The van der Waals surface area contributed by atoms with Gasteiger partial charge in [-0.15, -0.1) is 0 Å². The van der Waals surface area contributed by atoms with Gasteiger partial charge < -0.3 is 4.74 Å². The zero-order chi connectivity index (χ0) is 13.0. The molecule has 0 radical (unpaired) electrons. The van der Waals surface area contributed by atoms with Crippen LogP contribution in [0.5, 0.6) is 0 Å². The summed E-state index contributed by atoms with van der Waals surface area (Å²) in [6.45, 7) is 3.72. The Bertz CT molecular complexity index is 376. The smallest absolute Gasteiger partial charge is 0.0834 e. The standard InChI is InChI=1S/C12H21ClN4O/c1-2-17-12(10(13)8-15-17)11(16-14)6-5-9-4-3-7-18-9/h8-9,11,16H,2-7,14H2,1H3. The first-order chi connectivity index (χ1) is 8.76. The molecule has 0 bridgehead atoms. The molecule has 0 aliphatic carbocycles. The second-order valence-electron chi connectivity index (χ2n) is 4.63. The summed E-state index contributed by atoms with van der Waals surface area (Å²) in [4.78, 5) is 0. The minimum absolute atomic E-state index is 0.0316. The number of hydrogen-bond donors (Lipinski definition) is 2. The summed E-state index contributed by atoms with van der Waals surface area (Å²) >= 11 is 6.18. The van der Waals surface area contributed by atoms with E-state index in [1.54, 1.807) is 6.20 Å². The number of rotatable bonds is 6. The van der Waals surface area contributed by atoms with E-state index < -0.39 is 0 Å². The lowest BCUT2D eigenvalue weighted by Gasteiger charge is -2.19. The Balaban J connectivity index is 2.00. The van der Waals surface area contributed by atoms with Gasteiger partial charge >= 0.3 is 0 Å². The van der Waals surface area contributed by atoms with Gasteiger partial charge in [0.05, 0.1) is 29.1 Å². The summed E-state index contributed by atoms with van der Waals surface area (Å²) in [6, 6.07) is 0.0316. The average Bonchev–Trinajstić information content (AvgIpc) is 3.01. The lowest BCUT2D eigenvalue weighted by Crippen LogP contribution is -2.31. The average molecular weight is 273 g/mol. The highest BCUT2D eigenvalue weighted by Gasteiger charge is 2.22. The Morgan fingerprint density at radius 1 is 1.72 bits per heavy atom. The molecule has 5 nitrogen and oxygen atoms in total. The quantitative estimate of drug-likeness (QED) is 0.614. The van der Waals surface area contributed by atoms with Crippen molar-refractivity contribution in [2.75, 3.05) is 6.61 Å². The van der Waals surface area contributed by atoms with Gasteiger partial charge in [0.25, 0.3) is 0 Å². The van der Waals surface area contributed by atoms with Gasteiger partial charge in [-0.3, -0.25) is 16.0 Å². The Morgan fingerprint density at radius 2 is 2.56 bits per heavy atom. The van der Waals surface area contributed by atoms with Gasteiger partial charge in [0.2, 0.25) is 0 Å². The maximum atomic E-state index is 6.18. The molecule has 1 aliphatic rings. The van der Waals surface area contributed by atoms with Crippen molar-refractivity contribution in [3.63, 3.8) is 0 Å². The zero-order valence-corrected chi connectivity index (χ0v) is 11.5. The number of halogens is 1. The highest BCUT2D eigenvalue weighted by molar-refractivity contribution is 6.31. The highest BCUT2D eigenvalue weighted by Crippen LogP contribution is 2.28. The molecule has 1 aromatic heterocycles. The van der Waals surface area contributed by atoms with Crippen molar-refractivity contribution in [3.05, 3.63) is 16.9 Å². The van der Waals surface area contributed by atoms with E-state index >= 15 is 0 Å². The largest absolute Gasteiger partial charge is 0.378 e. The van der Waals surface area contributed by atoms with E-state index in [2.05, 4.69) is 10.5 Å². The van der Waals surface area contributed by atoms with Crippen molar-refractivity contribution in [2.45, 2.75) is 51.3 Å². The van der Waals surface area contributed by atoms with Crippen molar-refractivity contribution in [2.24, 2.45) is 5.84 Å². The number of ether oxygens (including phenoxy) is 1. The van der Waals surface area contributed by atoms with Crippen LogP contribution in [0.4, 0.5) is 0 Å². The second-order valence-corrected chi connectivity index (χ2v) is 5.03. The van der Waals surface area contributed by atoms with E-state index in [0.29, 0.717) is 11.1 Å². The van der Waals surface area contributed by atoms with Gasteiger partial charge in [-0.1, -0.05) is 11.6 Å². The first-order valence-electron chi connectivity index (χ1n) is 6.55. The molecule has 2 heterocycles. The van der Waals surface area contributed by atoms with E-state index in [-0.39, 0.29) is 6.04 Å². The molecule has 1 saturated heterocycles. The zero-order valence-electron chi connectivity index (χ0n) is 10.7. The third-order valence-corrected chi connectivity index (χ3v) is 3.76. The van der Waals surface area contributed by atoms with Gasteiger partial charge in [-0.05, 0) is 32.6 Å². The van der Waals surface area contributed by atoms with Crippen LogP contribution in [-0.2, 0) is 11.3 Å². The Kier molecular flexibility index (Phi) is 5.00. The normalized spacial score (nSPS) is 21.4. The van der Waals surface area contributed by atoms with E-state index in [0.717, 1.165) is 38.1 Å². The monoisotopic (exact) mass is 272 g/mol. The molecule has 0 spiro atoms. The van der Waals surface area contributed by atoms with Crippen molar-refractivity contribution < 1.29 is 4.74 Å². The number of aryl methyl sites for hydroxylation is 1. The van der Waals surface area contributed by atoms with Gasteiger partial charge in [0.15, 0.2) is 0 Å². The van der Waals surface area contributed by atoms with Crippen molar-refractivity contribution >= 4 is 11.6 Å². The first kappa shape index (κ1) is 13.8. The summed E-state index contributed by atoms with van der Waals surface area (Å²) < 4.78 is 7.52. The summed E-state index contributed by atoms with van der Waals surface area (Å²) in [5, 5.41) is 4.91. The topological polar surface area (TPSA) is 65.1 Å². The van der Waals surface area contributed by atoms with Crippen molar-refractivity contribution in [1.82, 2.24) is 15.2 Å². The van der Waals surface area contributed by atoms with E-state index in [9.17, 15) is 0 Å². The van der Waals surface area contributed by atoms with E-state index in [1.807, 2.05) is 11.6 Å². The highest BCUT2D eigenvalue weighted by atomic mass is 35.5. The number of hydrogen-bond acceptors (Lipinski definition) is 4. The molecule has 2 atom stereocenters. The van der Waals surface area contributed by atoms with Gasteiger partial charge in [0.1, 0.15) is 0 Å². The predicted molar refractivity (Wildman–Crippen MR) is 71.2 cm³/mol. The van der Waals surface area contributed by atoms with Crippen LogP contribution in [0.25, 0.3) is 0 Å². The molecule has 18 heavy (non-hydrogen) atoms. The Hall–Kier alpha value is -0.620. The van der Waals surface area contributed by atoms with Crippen molar-refractivity contribution in [1.29, 1.82) is 0 Å². The number of nitrogens with zero attached hydrogens (tertiary/aromatic N) is 2. The molecule has 0 aromatic carbocycles. The number of nitrogens with one attached hydrogen (secondary N) is 1. The fourth-order valence-corrected chi connectivity index (χ4v) is 2.77. The SMILES string of the molecule is CCn1ncc(Cl)c1C(CCC1CCCO1)NN. The Morgan fingerprint density at radius 3 is 3.17 bits per heavy atom. The van der Waals surface area contributed by atoms with Crippen molar-refractivity contribution in [3.8, 4) is 0 Å². The van der Waals surface area contributed by atoms with E-state index in [4.69, 9.17) is 22.2 Å². The lowest BCUT2D eigenvalue weighted by molar-refractivity contribution is 0.0993. The summed E-state index contributed by atoms with van der Waals surface area (Å²) in [7, 11) is 0. The molecule has 0 amide bonds. The number of nitrogens with two attached hydrogens (primary N) is 1. The molecular formula is C12H21ClN4O. The van der Waals surface area contributed by atoms with Crippen LogP contribution in [0.3, 0.4) is 0 Å². The van der Waals surface area contributed by atoms with Crippen LogP contribution in [0.1, 0.15) is 44.3 Å². The van der Waals surface area contributed by atoms with E-state index in [1.165, 1.54) is 6.42 Å².